The van der Waals surface area contributed by atoms with Crippen molar-refractivity contribution in [3.63, 3.8) is 0 Å². The second kappa shape index (κ2) is 5.19. The third-order valence-corrected chi connectivity index (χ3v) is 3.38. The summed E-state index contributed by atoms with van der Waals surface area (Å²) in [5.41, 5.74) is 7.91. The maximum atomic E-state index is 5.84. The van der Waals surface area contributed by atoms with Gasteiger partial charge in [0.1, 0.15) is 5.82 Å². The molecule has 3 nitrogen and oxygen atoms in total. The lowest BCUT2D eigenvalue weighted by Gasteiger charge is -2.14. The first-order valence-corrected chi connectivity index (χ1v) is 6.74. The highest BCUT2D eigenvalue weighted by atomic mass is 79.9. The molecule has 0 bridgehead atoms. The molecule has 2 rings (SSSR count). The standard InChI is InChI=1S/C13H18BrN3/c1-8(2)5-9(7-15)13-16-11-4-3-10(14)6-12(11)17-13/h3-4,6,8-9H,5,7,15H2,1-2H3,(H,16,17). The van der Waals surface area contributed by atoms with E-state index in [2.05, 4.69) is 45.8 Å². The molecule has 0 aliphatic carbocycles. The molecule has 1 atom stereocenters. The van der Waals surface area contributed by atoms with Gasteiger partial charge in [-0.1, -0.05) is 29.8 Å². The highest BCUT2D eigenvalue weighted by molar-refractivity contribution is 9.10. The van der Waals surface area contributed by atoms with Gasteiger partial charge in [-0.3, -0.25) is 0 Å². The Bertz CT molecular complexity index is 504. The molecule has 0 aliphatic rings. The lowest BCUT2D eigenvalue weighted by atomic mass is 9.97. The van der Waals surface area contributed by atoms with Crippen LogP contribution in [0.25, 0.3) is 11.0 Å². The third-order valence-electron chi connectivity index (χ3n) is 2.89. The Morgan fingerprint density at radius 2 is 2.18 bits per heavy atom. The fraction of sp³-hybridized carbons (Fsp3) is 0.462. The van der Waals surface area contributed by atoms with Crippen LogP contribution in [0, 0.1) is 5.92 Å². The summed E-state index contributed by atoms with van der Waals surface area (Å²) < 4.78 is 1.06. The van der Waals surface area contributed by atoms with E-state index < -0.39 is 0 Å². The van der Waals surface area contributed by atoms with E-state index in [-0.39, 0.29) is 0 Å². The van der Waals surface area contributed by atoms with Crippen LogP contribution in [0.5, 0.6) is 0 Å². The topological polar surface area (TPSA) is 54.7 Å². The van der Waals surface area contributed by atoms with Gasteiger partial charge in [-0.15, -0.1) is 0 Å². The van der Waals surface area contributed by atoms with Crippen LogP contribution in [0.4, 0.5) is 0 Å². The number of halogens is 1. The second-order valence-electron chi connectivity index (χ2n) is 4.85. The number of hydrogen-bond donors (Lipinski definition) is 2. The van der Waals surface area contributed by atoms with Crippen LogP contribution >= 0.6 is 15.9 Å². The van der Waals surface area contributed by atoms with Crippen molar-refractivity contribution in [3.05, 3.63) is 28.5 Å². The minimum atomic E-state index is 0.321. The summed E-state index contributed by atoms with van der Waals surface area (Å²) in [6.45, 7) is 5.06. The average Bonchev–Trinajstić information content (AvgIpc) is 2.68. The fourth-order valence-corrected chi connectivity index (χ4v) is 2.44. The van der Waals surface area contributed by atoms with Crippen molar-refractivity contribution < 1.29 is 0 Å². The van der Waals surface area contributed by atoms with E-state index in [4.69, 9.17) is 5.73 Å². The van der Waals surface area contributed by atoms with Crippen LogP contribution in [0.15, 0.2) is 22.7 Å². The Morgan fingerprint density at radius 1 is 1.41 bits per heavy atom. The van der Waals surface area contributed by atoms with Gasteiger partial charge in [-0.05, 0) is 30.5 Å². The number of aromatic amines is 1. The fourth-order valence-electron chi connectivity index (χ4n) is 2.08. The van der Waals surface area contributed by atoms with Gasteiger partial charge in [-0.25, -0.2) is 4.98 Å². The van der Waals surface area contributed by atoms with Gasteiger partial charge in [0.05, 0.1) is 11.0 Å². The van der Waals surface area contributed by atoms with E-state index in [1.807, 2.05) is 12.1 Å². The van der Waals surface area contributed by atoms with Gasteiger partial charge in [0.15, 0.2) is 0 Å². The SMILES string of the molecule is CC(C)CC(CN)c1nc2ccc(Br)cc2[nH]1. The minimum absolute atomic E-state index is 0.321. The molecular weight excluding hydrogens is 278 g/mol. The van der Waals surface area contributed by atoms with Crippen molar-refractivity contribution in [2.24, 2.45) is 11.7 Å². The molecule has 92 valence electrons. The van der Waals surface area contributed by atoms with Gasteiger partial charge in [-0.2, -0.15) is 0 Å². The van der Waals surface area contributed by atoms with Crippen LogP contribution in [-0.2, 0) is 0 Å². The highest BCUT2D eigenvalue weighted by Gasteiger charge is 2.15. The van der Waals surface area contributed by atoms with Gasteiger partial charge < -0.3 is 10.7 Å². The van der Waals surface area contributed by atoms with Crippen molar-refractivity contribution in [2.75, 3.05) is 6.54 Å². The summed E-state index contributed by atoms with van der Waals surface area (Å²) in [7, 11) is 0. The van der Waals surface area contributed by atoms with Gasteiger partial charge >= 0.3 is 0 Å². The largest absolute Gasteiger partial charge is 0.342 e. The zero-order valence-corrected chi connectivity index (χ0v) is 11.8. The van der Waals surface area contributed by atoms with Gasteiger partial charge in [0, 0.05) is 16.9 Å². The zero-order chi connectivity index (χ0) is 12.4. The normalized spacial score (nSPS) is 13.5. The number of fused-ring (bicyclic) bond motifs is 1. The van der Waals surface area contributed by atoms with E-state index in [0.717, 1.165) is 27.8 Å². The molecule has 0 fully saturated rings. The predicted octanol–water partition coefficient (Wildman–Crippen LogP) is 3.41. The number of rotatable bonds is 4. The lowest BCUT2D eigenvalue weighted by molar-refractivity contribution is 0.491. The Kier molecular flexibility index (Phi) is 3.84. The minimum Gasteiger partial charge on any atom is -0.342 e. The molecule has 17 heavy (non-hydrogen) atoms. The van der Waals surface area contributed by atoms with Crippen LogP contribution < -0.4 is 5.73 Å². The van der Waals surface area contributed by atoms with Crippen LogP contribution in [0.3, 0.4) is 0 Å². The molecule has 0 aliphatic heterocycles. The summed E-state index contributed by atoms with van der Waals surface area (Å²) in [5.74, 6) is 1.96. The van der Waals surface area contributed by atoms with E-state index in [9.17, 15) is 0 Å². The summed E-state index contributed by atoms with van der Waals surface area (Å²) in [4.78, 5) is 7.99. The monoisotopic (exact) mass is 295 g/mol. The number of nitrogens with zero attached hydrogens (tertiary/aromatic N) is 1. The molecule has 1 aromatic heterocycles. The molecule has 2 aromatic rings. The maximum Gasteiger partial charge on any atom is 0.111 e. The molecule has 0 saturated heterocycles. The molecule has 0 spiro atoms. The van der Waals surface area contributed by atoms with E-state index in [1.54, 1.807) is 0 Å². The molecule has 4 heteroatoms. The third kappa shape index (κ3) is 2.87. The number of benzene rings is 1. The quantitative estimate of drug-likeness (QED) is 0.908. The van der Waals surface area contributed by atoms with Crippen LogP contribution in [0.2, 0.25) is 0 Å². The van der Waals surface area contributed by atoms with Crippen molar-refractivity contribution in [3.8, 4) is 0 Å². The average molecular weight is 296 g/mol. The molecule has 0 saturated carbocycles. The van der Waals surface area contributed by atoms with Gasteiger partial charge in [0.25, 0.3) is 0 Å². The number of H-pyrrole nitrogens is 1. The summed E-state index contributed by atoms with van der Waals surface area (Å²) >= 11 is 3.46. The summed E-state index contributed by atoms with van der Waals surface area (Å²) in [5, 5.41) is 0. The van der Waals surface area contributed by atoms with Crippen molar-refractivity contribution >= 4 is 27.0 Å². The van der Waals surface area contributed by atoms with E-state index in [0.29, 0.717) is 18.4 Å². The van der Waals surface area contributed by atoms with E-state index in [1.165, 1.54) is 0 Å². The molecule has 0 radical (unpaired) electrons. The molecular formula is C13H18BrN3. The Balaban J connectivity index is 2.34. The zero-order valence-electron chi connectivity index (χ0n) is 10.2. The first kappa shape index (κ1) is 12.6. The van der Waals surface area contributed by atoms with Crippen LogP contribution in [0.1, 0.15) is 32.0 Å². The van der Waals surface area contributed by atoms with Crippen molar-refractivity contribution in [1.82, 2.24) is 9.97 Å². The predicted molar refractivity (Wildman–Crippen MR) is 75.0 cm³/mol. The Labute approximate surface area is 110 Å². The van der Waals surface area contributed by atoms with Crippen molar-refractivity contribution in [2.45, 2.75) is 26.2 Å². The number of nitrogens with one attached hydrogen (secondary N) is 1. The number of nitrogens with two attached hydrogens (primary N) is 1. The lowest BCUT2D eigenvalue weighted by Crippen LogP contribution is -2.15. The summed E-state index contributed by atoms with van der Waals surface area (Å²) in [6, 6.07) is 6.07. The molecule has 0 amide bonds. The molecule has 3 N–H and O–H groups in total. The number of aromatic nitrogens is 2. The first-order chi connectivity index (χ1) is 8.10. The number of imidazole rings is 1. The molecule has 1 unspecified atom stereocenters. The maximum absolute atomic E-state index is 5.84. The first-order valence-electron chi connectivity index (χ1n) is 5.95. The van der Waals surface area contributed by atoms with Gasteiger partial charge in [0.2, 0.25) is 0 Å². The summed E-state index contributed by atoms with van der Waals surface area (Å²) in [6.07, 6.45) is 1.07. The second-order valence-corrected chi connectivity index (χ2v) is 5.76. The van der Waals surface area contributed by atoms with E-state index >= 15 is 0 Å². The number of hydrogen-bond acceptors (Lipinski definition) is 2. The Morgan fingerprint density at radius 3 is 2.82 bits per heavy atom. The Hall–Kier alpha value is -0.870. The van der Waals surface area contributed by atoms with Crippen LogP contribution in [-0.4, -0.2) is 16.5 Å². The highest BCUT2D eigenvalue weighted by Crippen LogP contribution is 2.24. The smallest absolute Gasteiger partial charge is 0.111 e. The molecule has 1 aromatic carbocycles. The van der Waals surface area contributed by atoms with Crippen molar-refractivity contribution in [1.29, 1.82) is 0 Å². The molecule has 1 heterocycles.